The highest BCUT2D eigenvalue weighted by atomic mass is 32.1. The molecule has 0 aliphatic heterocycles. The van der Waals surface area contributed by atoms with Crippen LogP contribution in [0.15, 0.2) is 54.6 Å². The van der Waals surface area contributed by atoms with Crippen molar-refractivity contribution in [1.29, 1.82) is 0 Å². The second-order valence-corrected chi connectivity index (χ2v) is 7.65. The molecule has 1 aromatic heterocycles. The highest BCUT2D eigenvalue weighted by Crippen LogP contribution is 2.22. The maximum atomic E-state index is 12.0. The van der Waals surface area contributed by atoms with Crippen LogP contribution in [0.2, 0.25) is 0 Å². The predicted octanol–water partition coefficient (Wildman–Crippen LogP) is 2.38. The summed E-state index contributed by atoms with van der Waals surface area (Å²) in [5, 5.41) is 7.73. The van der Waals surface area contributed by atoms with Crippen molar-refractivity contribution in [2.75, 3.05) is 20.1 Å². The number of nitrogens with zero attached hydrogens (tertiary/aromatic N) is 3. The van der Waals surface area contributed by atoms with Crippen LogP contribution in [0.1, 0.15) is 18.9 Å². The third kappa shape index (κ3) is 5.19. The van der Waals surface area contributed by atoms with Gasteiger partial charge >= 0.3 is 0 Å². The highest BCUT2D eigenvalue weighted by Gasteiger charge is 2.17. The summed E-state index contributed by atoms with van der Waals surface area (Å²) < 4.78 is 4.41. The summed E-state index contributed by atoms with van der Waals surface area (Å²) in [7, 11) is 1.97. The lowest BCUT2D eigenvalue weighted by Crippen LogP contribution is -3.09. The molecule has 3 aromatic rings. The van der Waals surface area contributed by atoms with Crippen molar-refractivity contribution in [2.45, 2.75) is 26.9 Å². The molecule has 2 aromatic carbocycles. The van der Waals surface area contributed by atoms with Crippen molar-refractivity contribution < 1.29 is 9.69 Å². The molecule has 2 N–H and O–H groups in total. The number of aromatic nitrogens is 3. The summed E-state index contributed by atoms with van der Waals surface area (Å²) in [6.45, 7) is 5.69. The van der Waals surface area contributed by atoms with Crippen molar-refractivity contribution in [2.24, 2.45) is 0 Å². The minimum atomic E-state index is 0.0390. The Kier molecular flexibility index (Phi) is 6.95. The zero-order valence-electron chi connectivity index (χ0n) is 17.2. The Morgan fingerprint density at radius 2 is 1.83 bits per heavy atom. The van der Waals surface area contributed by atoms with Crippen LogP contribution in [-0.4, -0.2) is 40.4 Å². The van der Waals surface area contributed by atoms with E-state index in [9.17, 15) is 4.79 Å². The van der Waals surface area contributed by atoms with Crippen molar-refractivity contribution in [1.82, 2.24) is 19.7 Å². The Morgan fingerprint density at radius 1 is 1.14 bits per heavy atom. The number of likely N-dealkylation sites (N-methyl/N-ethyl adjacent to an activating group) is 1. The fourth-order valence-corrected chi connectivity index (χ4v) is 3.42. The van der Waals surface area contributed by atoms with Crippen LogP contribution < -0.4 is 10.2 Å². The van der Waals surface area contributed by atoms with E-state index in [4.69, 9.17) is 17.3 Å². The van der Waals surface area contributed by atoms with Crippen LogP contribution in [0, 0.1) is 11.7 Å². The number of hydrogen-bond donors (Lipinski definition) is 2. The zero-order valence-corrected chi connectivity index (χ0v) is 18.0. The van der Waals surface area contributed by atoms with Gasteiger partial charge in [-0.1, -0.05) is 55.0 Å². The number of amides is 1. The number of nitrogens with one attached hydrogen (secondary N) is 2. The summed E-state index contributed by atoms with van der Waals surface area (Å²) in [5.74, 6) is 0.833. The van der Waals surface area contributed by atoms with Gasteiger partial charge in [0.05, 0.1) is 7.05 Å². The van der Waals surface area contributed by atoms with Gasteiger partial charge in [0.1, 0.15) is 0 Å². The third-order valence-electron chi connectivity index (χ3n) is 4.62. The lowest BCUT2D eigenvalue weighted by molar-refractivity contribution is -0.895. The number of hydrogen-bond acceptors (Lipinski definition) is 3. The van der Waals surface area contributed by atoms with Gasteiger partial charge in [0.15, 0.2) is 19.0 Å². The van der Waals surface area contributed by atoms with E-state index in [2.05, 4.69) is 36.5 Å². The SMILES string of the molecule is CCCNC(=O)C[NH+](C)Cn1nc(-c2ccccc2)n(-c2ccc(C)cc2)c1=S. The Bertz CT molecular complexity index is 1010. The summed E-state index contributed by atoms with van der Waals surface area (Å²) in [5.41, 5.74) is 3.16. The van der Waals surface area contributed by atoms with Crippen LogP contribution in [0.4, 0.5) is 0 Å². The molecule has 29 heavy (non-hydrogen) atoms. The van der Waals surface area contributed by atoms with Crippen LogP contribution in [0.25, 0.3) is 17.1 Å². The molecule has 0 bridgehead atoms. The summed E-state index contributed by atoms with van der Waals surface area (Å²) in [6.07, 6.45) is 0.928. The van der Waals surface area contributed by atoms with E-state index in [1.54, 1.807) is 4.68 Å². The van der Waals surface area contributed by atoms with Crippen molar-refractivity contribution in [3.63, 3.8) is 0 Å². The number of benzene rings is 2. The van der Waals surface area contributed by atoms with Crippen LogP contribution in [0.5, 0.6) is 0 Å². The normalized spacial score (nSPS) is 12.0. The third-order valence-corrected chi connectivity index (χ3v) is 5.01. The molecule has 0 saturated carbocycles. The molecule has 0 saturated heterocycles. The molecule has 3 rings (SSSR count). The lowest BCUT2D eigenvalue weighted by Gasteiger charge is -2.13. The zero-order chi connectivity index (χ0) is 20.8. The van der Waals surface area contributed by atoms with Gasteiger partial charge in [-0.2, -0.15) is 4.68 Å². The summed E-state index contributed by atoms with van der Waals surface area (Å²) in [6, 6.07) is 18.3. The number of quaternary nitrogens is 1. The molecule has 1 amide bonds. The number of carbonyl (C=O) groups is 1. The molecule has 1 heterocycles. The van der Waals surface area contributed by atoms with E-state index in [1.165, 1.54) is 5.56 Å². The Morgan fingerprint density at radius 3 is 2.48 bits per heavy atom. The van der Waals surface area contributed by atoms with Gasteiger partial charge in [-0.3, -0.25) is 9.36 Å². The molecular weight excluding hydrogens is 382 g/mol. The lowest BCUT2D eigenvalue weighted by atomic mass is 10.2. The molecule has 0 aliphatic rings. The second kappa shape index (κ2) is 9.62. The molecule has 152 valence electrons. The van der Waals surface area contributed by atoms with E-state index < -0.39 is 0 Å². The van der Waals surface area contributed by atoms with Gasteiger partial charge in [0, 0.05) is 17.8 Å². The average Bonchev–Trinajstić information content (AvgIpc) is 3.03. The Balaban J connectivity index is 1.94. The monoisotopic (exact) mass is 410 g/mol. The van der Waals surface area contributed by atoms with Gasteiger partial charge in [-0.25, -0.2) is 0 Å². The van der Waals surface area contributed by atoms with Crippen molar-refractivity contribution >= 4 is 18.1 Å². The molecule has 6 nitrogen and oxygen atoms in total. The molecule has 0 radical (unpaired) electrons. The van der Waals surface area contributed by atoms with Crippen LogP contribution in [0.3, 0.4) is 0 Å². The van der Waals surface area contributed by atoms with E-state index in [0.717, 1.165) is 28.4 Å². The number of aryl methyl sites for hydroxylation is 1. The van der Waals surface area contributed by atoms with Crippen molar-refractivity contribution in [3.8, 4) is 17.1 Å². The van der Waals surface area contributed by atoms with Crippen LogP contribution in [-0.2, 0) is 11.5 Å². The topological polar surface area (TPSA) is 56.3 Å². The first-order chi connectivity index (χ1) is 14.0. The standard InChI is InChI=1S/C22H27N5OS/c1-4-14-23-20(28)15-25(3)16-26-22(29)27(19-12-10-17(2)11-13-19)21(24-26)18-8-6-5-7-9-18/h5-13H,4,14-16H2,1-3H3,(H,23,28)/p+1. The van der Waals surface area contributed by atoms with E-state index >= 15 is 0 Å². The Hall–Kier alpha value is -2.77. The van der Waals surface area contributed by atoms with E-state index in [1.807, 2.05) is 48.9 Å². The fraction of sp³-hybridized carbons (Fsp3) is 0.318. The van der Waals surface area contributed by atoms with Gasteiger partial charge in [-0.15, -0.1) is 5.10 Å². The first kappa shape index (κ1) is 21.0. The number of rotatable bonds is 8. The van der Waals surface area contributed by atoms with Gasteiger partial charge < -0.3 is 10.2 Å². The second-order valence-electron chi connectivity index (χ2n) is 7.28. The number of carbonyl (C=O) groups excluding carboxylic acids is 1. The average molecular weight is 411 g/mol. The first-order valence-corrected chi connectivity index (χ1v) is 10.3. The van der Waals surface area contributed by atoms with Gasteiger partial charge in [0.25, 0.3) is 5.91 Å². The molecule has 0 spiro atoms. The minimum absolute atomic E-state index is 0.0390. The maximum absolute atomic E-state index is 12.0. The highest BCUT2D eigenvalue weighted by molar-refractivity contribution is 7.71. The quantitative estimate of drug-likeness (QED) is 0.561. The minimum Gasteiger partial charge on any atom is -0.351 e. The van der Waals surface area contributed by atoms with Gasteiger partial charge in [-0.05, 0) is 37.7 Å². The summed E-state index contributed by atoms with van der Waals surface area (Å²) in [4.78, 5) is 13.1. The molecule has 0 fully saturated rings. The maximum Gasteiger partial charge on any atom is 0.275 e. The predicted molar refractivity (Wildman–Crippen MR) is 118 cm³/mol. The molecule has 1 unspecified atom stereocenters. The van der Waals surface area contributed by atoms with Crippen LogP contribution >= 0.6 is 12.2 Å². The van der Waals surface area contributed by atoms with E-state index in [-0.39, 0.29) is 5.91 Å². The fourth-order valence-electron chi connectivity index (χ4n) is 3.12. The summed E-state index contributed by atoms with van der Waals surface area (Å²) >= 11 is 5.78. The largest absolute Gasteiger partial charge is 0.351 e. The molecular formula is C22H28N5OS+. The van der Waals surface area contributed by atoms with E-state index in [0.29, 0.717) is 24.5 Å². The van der Waals surface area contributed by atoms with Gasteiger partial charge in [0.2, 0.25) is 4.77 Å². The smallest absolute Gasteiger partial charge is 0.275 e. The Labute approximate surface area is 176 Å². The molecule has 1 atom stereocenters. The first-order valence-electron chi connectivity index (χ1n) is 9.90. The molecule has 7 heteroatoms. The molecule has 0 aliphatic carbocycles. The van der Waals surface area contributed by atoms with Crippen molar-refractivity contribution in [3.05, 3.63) is 64.9 Å².